The number of rotatable bonds is 2. The summed E-state index contributed by atoms with van der Waals surface area (Å²) in [6.45, 7) is 3.67. The van der Waals surface area contributed by atoms with Crippen molar-refractivity contribution in [3.63, 3.8) is 0 Å². The average Bonchev–Trinajstić information content (AvgIpc) is 2.62. The van der Waals surface area contributed by atoms with Crippen molar-refractivity contribution >= 4 is 26.8 Å². The largest absolute Gasteiger partial charge is 0.357 e. The lowest BCUT2D eigenvalue weighted by Gasteiger charge is -2.00. The van der Waals surface area contributed by atoms with Crippen LogP contribution in [-0.4, -0.2) is 4.98 Å². The fraction of sp³-hybridized carbons (Fsp3) is 0.0909. The summed E-state index contributed by atoms with van der Waals surface area (Å²) in [5.41, 5.74) is 7.92. The van der Waals surface area contributed by atoms with E-state index in [0.717, 1.165) is 21.1 Å². The van der Waals surface area contributed by atoms with Crippen LogP contribution in [0.15, 0.2) is 41.4 Å². The van der Waals surface area contributed by atoms with Gasteiger partial charge in [-0.05, 0) is 18.2 Å². The molecule has 2 rings (SSSR count). The molecule has 0 spiro atoms. The fourth-order valence-corrected chi connectivity index (χ4v) is 1.93. The zero-order chi connectivity index (χ0) is 10.1. The summed E-state index contributed by atoms with van der Waals surface area (Å²) in [7, 11) is 0. The Balaban J connectivity index is 2.62. The SMILES string of the molecule is C=C[C@@H](N)c1cc2c(Br)cccc2[nH]1. The molecule has 72 valence electrons. The van der Waals surface area contributed by atoms with Crippen LogP contribution in [0.25, 0.3) is 10.9 Å². The van der Waals surface area contributed by atoms with Crippen molar-refractivity contribution in [3.8, 4) is 0 Å². The molecule has 0 aliphatic rings. The molecule has 0 amide bonds. The first-order valence-corrected chi connectivity index (χ1v) is 5.17. The van der Waals surface area contributed by atoms with E-state index in [0.29, 0.717) is 0 Å². The minimum atomic E-state index is -0.130. The van der Waals surface area contributed by atoms with Crippen molar-refractivity contribution < 1.29 is 0 Å². The molecule has 0 bridgehead atoms. The fourth-order valence-electron chi connectivity index (χ4n) is 1.45. The molecule has 0 fully saturated rings. The van der Waals surface area contributed by atoms with Gasteiger partial charge in [0.25, 0.3) is 0 Å². The molecule has 2 aromatic rings. The monoisotopic (exact) mass is 250 g/mol. The van der Waals surface area contributed by atoms with Gasteiger partial charge in [-0.25, -0.2) is 0 Å². The third-order valence-corrected chi connectivity index (χ3v) is 2.94. The quantitative estimate of drug-likeness (QED) is 0.791. The van der Waals surface area contributed by atoms with Gasteiger partial charge >= 0.3 is 0 Å². The van der Waals surface area contributed by atoms with Gasteiger partial charge in [-0.1, -0.05) is 28.1 Å². The third kappa shape index (κ3) is 1.49. The van der Waals surface area contributed by atoms with Crippen LogP contribution in [0.1, 0.15) is 11.7 Å². The molecule has 1 atom stereocenters. The van der Waals surface area contributed by atoms with Gasteiger partial charge in [-0.2, -0.15) is 0 Å². The standard InChI is InChI=1S/C11H11BrN2/c1-2-9(13)11-6-7-8(12)4-3-5-10(7)14-11/h2-6,9,14H,1,13H2/t9-/m1/s1. The van der Waals surface area contributed by atoms with Crippen molar-refractivity contribution in [1.82, 2.24) is 4.98 Å². The number of nitrogens with one attached hydrogen (secondary N) is 1. The number of benzene rings is 1. The van der Waals surface area contributed by atoms with Crippen molar-refractivity contribution in [2.24, 2.45) is 5.73 Å². The maximum Gasteiger partial charge on any atom is 0.0631 e. The maximum absolute atomic E-state index is 5.84. The normalized spacial score (nSPS) is 13.0. The molecule has 3 heteroatoms. The van der Waals surface area contributed by atoms with E-state index in [1.54, 1.807) is 6.08 Å². The molecule has 0 unspecified atom stereocenters. The molecule has 0 radical (unpaired) electrons. The Kier molecular flexibility index (Phi) is 2.44. The summed E-state index contributed by atoms with van der Waals surface area (Å²) in [5, 5.41) is 1.15. The molecule has 1 aromatic carbocycles. The van der Waals surface area contributed by atoms with Gasteiger partial charge in [0.1, 0.15) is 0 Å². The number of H-pyrrole nitrogens is 1. The molecule has 3 N–H and O–H groups in total. The Labute approximate surface area is 90.9 Å². The molecular formula is C11H11BrN2. The van der Waals surface area contributed by atoms with E-state index in [-0.39, 0.29) is 6.04 Å². The highest BCUT2D eigenvalue weighted by Gasteiger charge is 2.07. The lowest BCUT2D eigenvalue weighted by molar-refractivity contribution is 0.880. The van der Waals surface area contributed by atoms with Gasteiger partial charge in [0.2, 0.25) is 0 Å². The molecule has 0 saturated heterocycles. The first kappa shape index (κ1) is 9.49. The summed E-state index contributed by atoms with van der Waals surface area (Å²) in [6.07, 6.45) is 1.72. The molecule has 2 nitrogen and oxygen atoms in total. The van der Waals surface area contributed by atoms with Gasteiger partial charge in [-0.15, -0.1) is 6.58 Å². The van der Waals surface area contributed by atoms with Crippen molar-refractivity contribution in [2.45, 2.75) is 6.04 Å². The highest BCUT2D eigenvalue weighted by atomic mass is 79.9. The third-order valence-electron chi connectivity index (χ3n) is 2.24. The Morgan fingerprint density at radius 2 is 2.29 bits per heavy atom. The maximum atomic E-state index is 5.84. The highest BCUT2D eigenvalue weighted by Crippen LogP contribution is 2.26. The second-order valence-corrected chi connectivity index (χ2v) is 4.04. The van der Waals surface area contributed by atoms with E-state index in [2.05, 4.69) is 27.5 Å². The predicted molar refractivity (Wildman–Crippen MR) is 63.1 cm³/mol. The summed E-state index contributed by atoms with van der Waals surface area (Å²) in [5.74, 6) is 0. The summed E-state index contributed by atoms with van der Waals surface area (Å²) in [4.78, 5) is 3.26. The second-order valence-electron chi connectivity index (χ2n) is 3.19. The lowest BCUT2D eigenvalue weighted by atomic mass is 10.2. The van der Waals surface area contributed by atoms with E-state index >= 15 is 0 Å². The summed E-state index contributed by atoms with van der Waals surface area (Å²) < 4.78 is 1.08. The van der Waals surface area contributed by atoms with E-state index in [1.165, 1.54) is 0 Å². The molecular weight excluding hydrogens is 240 g/mol. The summed E-state index contributed by atoms with van der Waals surface area (Å²) >= 11 is 3.49. The van der Waals surface area contributed by atoms with Crippen molar-refractivity contribution in [3.05, 3.63) is 47.1 Å². The molecule has 0 aliphatic carbocycles. The molecule has 0 saturated carbocycles. The minimum absolute atomic E-state index is 0.130. The van der Waals surface area contributed by atoms with Gasteiger partial charge in [0, 0.05) is 21.1 Å². The number of hydrogen-bond acceptors (Lipinski definition) is 1. The number of fused-ring (bicyclic) bond motifs is 1. The van der Waals surface area contributed by atoms with E-state index in [1.807, 2.05) is 24.3 Å². The van der Waals surface area contributed by atoms with Crippen molar-refractivity contribution in [1.29, 1.82) is 0 Å². The van der Waals surface area contributed by atoms with Gasteiger partial charge in [0.15, 0.2) is 0 Å². The van der Waals surface area contributed by atoms with Crippen LogP contribution >= 0.6 is 15.9 Å². The average molecular weight is 251 g/mol. The zero-order valence-electron chi connectivity index (χ0n) is 7.63. The number of aromatic amines is 1. The van der Waals surface area contributed by atoms with Crippen LogP contribution in [0, 0.1) is 0 Å². The van der Waals surface area contributed by atoms with Crippen LogP contribution in [-0.2, 0) is 0 Å². The molecule has 14 heavy (non-hydrogen) atoms. The Bertz CT molecular complexity index is 473. The summed E-state index contributed by atoms with van der Waals surface area (Å²) in [6, 6.07) is 7.95. The van der Waals surface area contributed by atoms with Crippen LogP contribution in [0.2, 0.25) is 0 Å². The molecule has 1 aromatic heterocycles. The molecule has 1 heterocycles. The Hall–Kier alpha value is -1.06. The van der Waals surface area contributed by atoms with Gasteiger partial charge in [-0.3, -0.25) is 0 Å². The number of hydrogen-bond donors (Lipinski definition) is 2. The number of aromatic nitrogens is 1. The van der Waals surface area contributed by atoms with E-state index in [4.69, 9.17) is 5.73 Å². The minimum Gasteiger partial charge on any atom is -0.357 e. The Morgan fingerprint density at radius 1 is 1.50 bits per heavy atom. The topological polar surface area (TPSA) is 41.8 Å². The molecule has 0 aliphatic heterocycles. The smallest absolute Gasteiger partial charge is 0.0631 e. The second kappa shape index (κ2) is 3.59. The van der Waals surface area contributed by atoms with E-state index < -0.39 is 0 Å². The first-order valence-electron chi connectivity index (χ1n) is 4.37. The zero-order valence-corrected chi connectivity index (χ0v) is 9.21. The number of nitrogens with two attached hydrogens (primary N) is 1. The van der Waals surface area contributed by atoms with Crippen LogP contribution in [0.4, 0.5) is 0 Å². The predicted octanol–water partition coefficient (Wildman–Crippen LogP) is 3.12. The number of halogens is 1. The lowest BCUT2D eigenvalue weighted by Crippen LogP contribution is -2.06. The van der Waals surface area contributed by atoms with Crippen LogP contribution < -0.4 is 5.73 Å². The Morgan fingerprint density at radius 3 is 2.93 bits per heavy atom. The van der Waals surface area contributed by atoms with Crippen LogP contribution in [0.5, 0.6) is 0 Å². The van der Waals surface area contributed by atoms with Gasteiger partial charge in [0.05, 0.1) is 6.04 Å². The van der Waals surface area contributed by atoms with Crippen LogP contribution in [0.3, 0.4) is 0 Å². The van der Waals surface area contributed by atoms with Crippen molar-refractivity contribution in [2.75, 3.05) is 0 Å². The first-order chi connectivity index (χ1) is 6.72. The highest BCUT2D eigenvalue weighted by molar-refractivity contribution is 9.10. The van der Waals surface area contributed by atoms with E-state index in [9.17, 15) is 0 Å². The van der Waals surface area contributed by atoms with Gasteiger partial charge < -0.3 is 10.7 Å².